The van der Waals surface area contributed by atoms with Crippen LogP contribution in [0.5, 0.6) is 28.7 Å². The molecule has 0 aliphatic carbocycles. The van der Waals surface area contributed by atoms with Gasteiger partial charge in [-0.2, -0.15) is 0 Å². The molecule has 12 nitrogen and oxygen atoms in total. The number of amides is 1. The number of rotatable bonds is 9. The molecule has 14 heteroatoms. The average Bonchev–Trinajstić information content (AvgIpc) is 3.01. The van der Waals surface area contributed by atoms with Crippen LogP contribution < -0.4 is 35.5 Å². The van der Waals surface area contributed by atoms with Gasteiger partial charge in [-0.05, 0) is 48.5 Å². The minimum atomic E-state index is -1.17. The number of nitrogens with one attached hydrogen (secondary N) is 1. The van der Waals surface area contributed by atoms with E-state index < -0.39 is 41.3 Å². The average molecular weight is 607 g/mol. The maximum Gasteiger partial charge on any atom is 0.417 e. The molecule has 2 heterocycles. The van der Waals surface area contributed by atoms with Gasteiger partial charge >= 0.3 is 17.3 Å². The zero-order valence-electron chi connectivity index (χ0n) is 23.2. The summed E-state index contributed by atoms with van der Waals surface area (Å²) in [6.45, 7) is -0.685. The van der Waals surface area contributed by atoms with Crippen molar-refractivity contribution in [1.82, 2.24) is 14.1 Å². The third-order valence-electron chi connectivity index (χ3n) is 6.36. The molecule has 0 aliphatic rings. The molecule has 2 N–H and O–H groups in total. The van der Waals surface area contributed by atoms with E-state index in [4.69, 9.17) is 18.9 Å². The predicted molar refractivity (Wildman–Crippen MR) is 154 cm³/mol. The highest BCUT2D eigenvalue weighted by molar-refractivity contribution is 5.88. The van der Waals surface area contributed by atoms with Gasteiger partial charge in [0.25, 0.3) is 0 Å². The molecule has 0 fully saturated rings. The predicted octanol–water partition coefficient (Wildman–Crippen LogP) is 4.24. The molecule has 0 spiro atoms. The Hall–Kier alpha value is -5.76. The molecule has 0 bridgehead atoms. The number of aliphatic hydroxyl groups excluding tert-OH is 1. The summed E-state index contributed by atoms with van der Waals surface area (Å²) in [5.41, 5.74) is -1.37. The van der Waals surface area contributed by atoms with E-state index in [1.54, 1.807) is 18.2 Å². The number of methoxy groups -OCH3 is 2. The van der Waals surface area contributed by atoms with E-state index in [-0.39, 0.29) is 29.4 Å². The number of aromatic nitrogens is 3. The van der Waals surface area contributed by atoms with Crippen LogP contribution in [-0.4, -0.2) is 46.1 Å². The van der Waals surface area contributed by atoms with E-state index in [1.807, 2.05) is 0 Å². The van der Waals surface area contributed by atoms with Crippen molar-refractivity contribution in [3.8, 4) is 34.4 Å². The van der Waals surface area contributed by atoms with Crippen molar-refractivity contribution in [2.24, 2.45) is 0 Å². The molecule has 0 aliphatic heterocycles. The van der Waals surface area contributed by atoms with Crippen LogP contribution in [0.2, 0.25) is 0 Å². The number of nitrogens with zero attached hydrogens (tertiary/aromatic N) is 3. The van der Waals surface area contributed by atoms with Gasteiger partial charge in [0, 0.05) is 29.4 Å². The summed E-state index contributed by atoms with van der Waals surface area (Å²) in [5, 5.41) is 12.2. The van der Waals surface area contributed by atoms with E-state index in [0.29, 0.717) is 27.0 Å². The van der Waals surface area contributed by atoms with Crippen molar-refractivity contribution in [2.45, 2.75) is 6.54 Å². The lowest BCUT2D eigenvalue weighted by molar-refractivity contribution is 0.213. The van der Waals surface area contributed by atoms with Gasteiger partial charge in [0.15, 0.2) is 23.1 Å². The Morgan fingerprint density at radius 2 is 1.64 bits per heavy atom. The molecule has 3 aromatic carbocycles. The van der Waals surface area contributed by atoms with E-state index in [0.717, 1.165) is 29.0 Å². The Bertz CT molecular complexity index is 1980. The molecule has 44 heavy (non-hydrogen) atoms. The summed E-state index contributed by atoms with van der Waals surface area (Å²) >= 11 is 0. The Morgan fingerprint density at radius 3 is 2.32 bits per heavy atom. The first-order valence-electron chi connectivity index (χ1n) is 12.9. The molecule has 5 aromatic rings. The van der Waals surface area contributed by atoms with E-state index in [2.05, 4.69) is 10.3 Å². The monoisotopic (exact) mass is 606 g/mol. The van der Waals surface area contributed by atoms with Crippen LogP contribution >= 0.6 is 0 Å². The fourth-order valence-electron chi connectivity index (χ4n) is 4.29. The number of carbonyl (C=O) groups is 1. The Kier molecular flexibility index (Phi) is 8.53. The molecule has 0 saturated carbocycles. The first-order valence-corrected chi connectivity index (χ1v) is 12.9. The Morgan fingerprint density at radius 1 is 0.909 bits per heavy atom. The van der Waals surface area contributed by atoms with Crippen LogP contribution in [0.1, 0.15) is 0 Å². The second-order valence-electron chi connectivity index (χ2n) is 9.11. The normalized spacial score (nSPS) is 10.8. The van der Waals surface area contributed by atoms with Crippen molar-refractivity contribution < 1.29 is 37.6 Å². The van der Waals surface area contributed by atoms with Crippen molar-refractivity contribution in [1.29, 1.82) is 0 Å². The summed E-state index contributed by atoms with van der Waals surface area (Å²) in [7, 11) is 2.97. The molecular weight excluding hydrogens is 582 g/mol. The number of pyridine rings is 1. The van der Waals surface area contributed by atoms with E-state index >= 15 is 4.39 Å². The molecule has 0 atom stereocenters. The lowest BCUT2D eigenvalue weighted by Crippen LogP contribution is -2.40. The standard InChI is InChI=1S/C30H24F2N4O8/c1-41-25-14-20-22(15-26(25)42-2)33-10-9-23(20)43-24-8-5-18(13-21(24)32)34-29(39)44-27-16-35(11-12-37)30(40)36(28(27)38)19-6-3-17(31)4-7-19/h3-10,13-16,37H,11-12H2,1-2H3,(H,34,39). The molecule has 226 valence electrons. The lowest BCUT2D eigenvalue weighted by Gasteiger charge is -2.14. The lowest BCUT2D eigenvalue weighted by atomic mass is 10.2. The van der Waals surface area contributed by atoms with Gasteiger partial charge in [-0.1, -0.05) is 0 Å². The highest BCUT2D eigenvalue weighted by atomic mass is 19.1. The minimum absolute atomic E-state index is 0.0103. The summed E-state index contributed by atoms with van der Waals surface area (Å²) in [5.74, 6) is -0.995. The summed E-state index contributed by atoms with van der Waals surface area (Å²) in [6.07, 6.45) is 1.28. The first kappa shape index (κ1) is 29.7. The smallest absolute Gasteiger partial charge is 0.417 e. The third-order valence-corrected chi connectivity index (χ3v) is 6.36. The van der Waals surface area contributed by atoms with E-state index in [1.165, 1.54) is 44.7 Å². The van der Waals surface area contributed by atoms with Gasteiger partial charge in [-0.15, -0.1) is 0 Å². The molecule has 0 radical (unpaired) electrons. The molecule has 2 aromatic heterocycles. The third kappa shape index (κ3) is 6.05. The number of halogens is 2. The van der Waals surface area contributed by atoms with Gasteiger partial charge in [-0.3, -0.25) is 19.7 Å². The van der Waals surface area contributed by atoms with Gasteiger partial charge in [0.1, 0.15) is 11.6 Å². The minimum Gasteiger partial charge on any atom is -0.493 e. The van der Waals surface area contributed by atoms with Crippen molar-refractivity contribution in [3.05, 3.63) is 106 Å². The highest BCUT2D eigenvalue weighted by Crippen LogP contribution is 2.37. The van der Waals surface area contributed by atoms with Crippen molar-refractivity contribution >= 4 is 22.7 Å². The number of hydrogen-bond acceptors (Lipinski definition) is 9. The second kappa shape index (κ2) is 12.6. The largest absolute Gasteiger partial charge is 0.493 e. The fraction of sp³-hybridized carbons (Fsp3) is 0.133. The number of aliphatic hydroxyl groups is 1. The zero-order chi connectivity index (χ0) is 31.4. The van der Waals surface area contributed by atoms with Crippen LogP contribution in [0.4, 0.5) is 19.3 Å². The SMILES string of the molecule is COc1cc2nccc(Oc3ccc(NC(=O)Oc4cn(CCO)c(=O)n(-c5ccc(F)cc5)c4=O)cc3F)c2cc1OC. The topological polar surface area (TPSA) is 143 Å². The number of anilines is 1. The highest BCUT2D eigenvalue weighted by Gasteiger charge is 2.18. The van der Waals surface area contributed by atoms with Crippen LogP contribution in [0.15, 0.2) is 82.6 Å². The van der Waals surface area contributed by atoms with Crippen molar-refractivity contribution in [3.63, 3.8) is 0 Å². The van der Waals surface area contributed by atoms with Crippen LogP contribution in [0.3, 0.4) is 0 Å². The van der Waals surface area contributed by atoms with Gasteiger partial charge in [0.2, 0.25) is 5.75 Å². The molecule has 0 unspecified atom stereocenters. The van der Waals surface area contributed by atoms with Gasteiger partial charge < -0.3 is 24.1 Å². The number of benzene rings is 3. The quantitative estimate of drug-likeness (QED) is 0.252. The van der Waals surface area contributed by atoms with Gasteiger partial charge in [0.05, 0.1) is 44.8 Å². The summed E-state index contributed by atoms with van der Waals surface area (Å²) < 4.78 is 51.7. The molecule has 0 saturated heterocycles. The number of hydrogen-bond donors (Lipinski definition) is 2. The summed E-state index contributed by atoms with van der Waals surface area (Å²) in [6, 6.07) is 12.9. The number of ether oxygens (including phenoxy) is 4. The second-order valence-corrected chi connectivity index (χ2v) is 9.11. The van der Waals surface area contributed by atoms with Crippen molar-refractivity contribution in [2.75, 3.05) is 26.1 Å². The molecule has 1 amide bonds. The fourth-order valence-corrected chi connectivity index (χ4v) is 4.29. The van der Waals surface area contributed by atoms with Crippen LogP contribution in [-0.2, 0) is 6.54 Å². The molecule has 5 rings (SSSR count). The first-order chi connectivity index (χ1) is 21.2. The zero-order valence-corrected chi connectivity index (χ0v) is 23.2. The summed E-state index contributed by atoms with van der Waals surface area (Å²) in [4.78, 5) is 42.8. The molecular formula is C30H24F2N4O8. The van der Waals surface area contributed by atoms with Crippen LogP contribution in [0.25, 0.3) is 16.6 Å². The van der Waals surface area contributed by atoms with Crippen LogP contribution in [0, 0.1) is 11.6 Å². The maximum absolute atomic E-state index is 15.1. The number of fused-ring (bicyclic) bond motifs is 1. The Balaban J connectivity index is 1.37. The Labute approximate surface area is 247 Å². The number of carbonyl (C=O) groups excluding carboxylic acids is 1. The maximum atomic E-state index is 15.1. The van der Waals surface area contributed by atoms with Gasteiger partial charge in [-0.25, -0.2) is 22.9 Å². The van der Waals surface area contributed by atoms with E-state index in [9.17, 15) is 23.9 Å².